The fourth-order valence-corrected chi connectivity index (χ4v) is 1.85. The highest BCUT2D eigenvalue weighted by molar-refractivity contribution is 6.33. The number of aromatic nitrogens is 1. The third kappa shape index (κ3) is 4.46. The molecule has 0 unspecified atom stereocenters. The molecule has 6 nitrogen and oxygen atoms in total. The number of hydrogen-bond acceptors (Lipinski definition) is 4. The van der Waals surface area contributed by atoms with E-state index in [1.165, 1.54) is 12.1 Å². The van der Waals surface area contributed by atoms with Gasteiger partial charge in [0.15, 0.2) is 5.69 Å². The highest BCUT2D eigenvalue weighted by Crippen LogP contribution is 2.14. The number of rotatable bonds is 5. The molecule has 2 N–H and O–H groups in total. The molecule has 22 heavy (non-hydrogen) atoms. The second-order valence-corrected chi connectivity index (χ2v) is 4.76. The highest BCUT2D eigenvalue weighted by atomic mass is 35.5. The van der Waals surface area contributed by atoms with Crippen LogP contribution < -0.4 is 5.32 Å². The summed E-state index contributed by atoms with van der Waals surface area (Å²) in [7, 11) is 0. The van der Waals surface area contributed by atoms with E-state index in [1.807, 2.05) is 30.3 Å². The number of benzene rings is 1. The van der Waals surface area contributed by atoms with E-state index >= 15 is 0 Å². The van der Waals surface area contributed by atoms with Crippen LogP contribution in [0.4, 0.5) is 4.79 Å². The molecule has 0 spiro atoms. The van der Waals surface area contributed by atoms with Crippen LogP contribution in [0.3, 0.4) is 0 Å². The SMILES string of the molecule is O=C(NCc1ccc(Cl)c(C(=O)O)n1)OCc1ccccc1. The van der Waals surface area contributed by atoms with E-state index in [9.17, 15) is 9.59 Å². The molecule has 1 heterocycles. The summed E-state index contributed by atoms with van der Waals surface area (Å²) in [6.07, 6.45) is -0.613. The van der Waals surface area contributed by atoms with Crippen molar-refractivity contribution in [3.63, 3.8) is 0 Å². The van der Waals surface area contributed by atoms with Crippen LogP contribution in [0.15, 0.2) is 42.5 Å². The number of pyridine rings is 1. The maximum Gasteiger partial charge on any atom is 0.407 e. The molecule has 1 amide bonds. The summed E-state index contributed by atoms with van der Waals surface area (Å²) in [4.78, 5) is 26.3. The number of ether oxygens (including phenoxy) is 1. The Labute approximate surface area is 131 Å². The second kappa shape index (κ2) is 7.42. The zero-order chi connectivity index (χ0) is 15.9. The molecule has 0 atom stereocenters. The Bertz CT molecular complexity index is 676. The Kier molecular flexibility index (Phi) is 5.32. The highest BCUT2D eigenvalue weighted by Gasteiger charge is 2.12. The van der Waals surface area contributed by atoms with E-state index in [4.69, 9.17) is 21.4 Å². The molecule has 114 valence electrons. The zero-order valence-electron chi connectivity index (χ0n) is 11.5. The maximum absolute atomic E-state index is 11.6. The van der Waals surface area contributed by atoms with Crippen LogP contribution in [-0.2, 0) is 17.9 Å². The van der Waals surface area contributed by atoms with E-state index in [0.29, 0.717) is 5.69 Å². The van der Waals surface area contributed by atoms with Gasteiger partial charge in [0.1, 0.15) is 6.61 Å². The lowest BCUT2D eigenvalue weighted by atomic mass is 10.2. The summed E-state index contributed by atoms with van der Waals surface area (Å²) in [6.45, 7) is 0.201. The Morgan fingerprint density at radius 2 is 1.91 bits per heavy atom. The van der Waals surface area contributed by atoms with Gasteiger partial charge in [-0.25, -0.2) is 14.6 Å². The number of aromatic carboxylic acids is 1. The summed E-state index contributed by atoms with van der Waals surface area (Å²) in [5.74, 6) is -1.22. The van der Waals surface area contributed by atoms with Gasteiger partial charge in [-0.1, -0.05) is 41.9 Å². The van der Waals surface area contributed by atoms with Crippen molar-refractivity contribution in [1.29, 1.82) is 0 Å². The van der Waals surface area contributed by atoms with Crippen molar-refractivity contribution in [2.24, 2.45) is 0 Å². The molecular weight excluding hydrogens is 308 g/mol. The molecule has 0 bridgehead atoms. The number of nitrogens with one attached hydrogen (secondary N) is 1. The van der Waals surface area contributed by atoms with Gasteiger partial charge in [-0.15, -0.1) is 0 Å². The van der Waals surface area contributed by atoms with Gasteiger partial charge >= 0.3 is 12.1 Å². The van der Waals surface area contributed by atoms with E-state index < -0.39 is 12.1 Å². The Morgan fingerprint density at radius 1 is 1.18 bits per heavy atom. The quantitative estimate of drug-likeness (QED) is 0.884. The van der Waals surface area contributed by atoms with Gasteiger partial charge in [0.2, 0.25) is 0 Å². The molecule has 2 aromatic rings. The van der Waals surface area contributed by atoms with Crippen molar-refractivity contribution in [1.82, 2.24) is 10.3 Å². The first-order chi connectivity index (χ1) is 10.6. The summed E-state index contributed by atoms with van der Waals surface area (Å²) in [5, 5.41) is 11.5. The van der Waals surface area contributed by atoms with Crippen LogP contribution in [0, 0.1) is 0 Å². The maximum atomic E-state index is 11.6. The number of carbonyl (C=O) groups excluding carboxylic acids is 1. The van der Waals surface area contributed by atoms with E-state index in [2.05, 4.69) is 10.3 Å². The molecule has 0 saturated heterocycles. The van der Waals surface area contributed by atoms with Gasteiger partial charge in [-0.05, 0) is 17.7 Å². The standard InChI is InChI=1S/C15H13ClN2O4/c16-12-7-6-11(18-13(12)14(19)20)8-17-15(21)22-9-10-4-2-1-3-5-10/h1-7H,8-9H2,(H,17,21)(H,19,20). The normalized spacial score (nSPS) is 10.0. The van der Waals surface area contributed by atoms with Crippen LogP contribution in [0.1, 0.15) is 21.7 Å². The summed E-state index contributed by atoms with van der Waals surface area (Å²) in [6, 6.07) is 12.2. The van der Waals surface area contributed by atoms with E-state index in [1.54, 1.807) is 0 Å². The largest absolute Gasteiger partial charge is 0.476 e. The predicted octanol–water partition coefficient (Wildman–Crippen LogP) is 2.86. The molecule has 1 aromatic carbocycles. The van der Waals surface area contributed by atoms with Crippen molar-refractivity contribution in [3.8, 4) is 0 Å². The topological polar surface area (TPSA) is 88.5 Å². The Hall–Kier alpha value is -2.60. The zero-order valence-corrected chi connectivity index (χ0v) is 12.2. The number of carboxylic acids is 1. The van der Waals surface area contributed by atoms with Gasteiger partial charge in [-0.3, -0.25) is 0 Å². The van der Waals surface area contributed by atoms with Gasteiger partial charge in [-0.2, -0.15) is 0 Å². The minimum atomic E-state index is -1.22. The summed E-state index contributed by atoms with van der Waals surface area (Å²) in [5.41, 5.74) is 0.993. The molecule has 0 aliphatic rings. The average molecular weight is 321 g/mol. The Balaban J connectivity index is 1.86. The van der Waals surface area contributed by atoms with Crippen LogP contribution >= 0.6 is 11.6 Å². The Morgan fingerprint density at radius 3 is 2.59 bits per heavy atom. The fraction of sp³-hybridized carbons (Fsp3) is 0.133. The van der Waals surface area contributed by atoms with E-state index in [0.717, 1.165) is 5.56 Å². The van der Waals surface area contributed by atoms with Crippen LogP contribution in [-0.4, -0.2) is 22.2 Å². The number of amides is 1. The molecule has 1 aromatic heterocycles. The van der Waals surface area contributed by atoms with Crippen molar-refractivity contribution < 1.29 is 19.4 Å². The van der Waals surface area contributed by atoms with Gasteiger partial charge in [0.05, 0.1) is 17.3 Å². The lowest BCUT2D eigenvalue weighted by molar-refractivity contribution is 0.0690. The summed E-state index contributed by atoms with van der Waals surface area (Å²) < 4.78 is 5.03. The number of alkyl carbamates (subject to hydrolysis) is 1. The second-order valence-electron chi connectivity index (χ2n) is 4.35. The molecule has 0 aliphatic carbocycles. The number of halogens is 1. The fourth-order valence-electron chi connectivity index (χ4n) is 1.67. The van der Waals surface area contributed by atoms with Crippen LogP contribution in [0.5, 0.6) is 0 Å². The monoisotopic (exact) mass is 320 g/mol. The minimum absolute atomic E-state index is 0.0444. The first-order valence-corrected chi connectivity index (χ1v) is 6.77. The molecule has 0 radical (unpaired) electrons. The number of nitrogens with zero attached hydrogens (tertiary/aromatic N) is 1. The van der Waals surface area contributed by atoms with Crippen molar-refractivity contribution in [2.45, 2.75) is 13.2 Å². The third-order valence-corrected chi connectivity index (χ3v) is 3.04. The predicted molar refractivity (Wildman–Crippen MR) is 79.7 cm³/mol. The molecule has 0 aliphatic heterocycles. The van der Waals surface area contributed by atoms with Gasteiger partial charge < -0.3 is 15.2 Å². The molecule has 2 rings (SSSR count). The number of carboxylic acid groups (broad SMARTS) is 1. The lowest BCUT2D eigenvalue weighted by Crippen LogP contribution is -2.24. The molecule has 0 fully saturated rings. The first kappa shape index (κ1) is 15.8. The molecule has 0 saturated carbocycles. The van der Waals surface area contributed by atoms with Crippen molar-refractivity contribution in [2.75, 3.05) is 0 Å². The average Bonchev–Trinajstić information content (AvgIpc) is 2.53. The minimum Gasteiger partial charge on any atom is -0.476 e. The number of hydrogen-bond donors (Lipinski definition) is 2. The molecular formula is C15H13ClN2O4. The van der Waals surface area contributed by atoms with Gasteiger partial charge in [0, 0.05) is 0 Å². The molecule has 7 heteroatoms. The summed E-state index contributed by atoms with van der Waals surface area (Å²) >= 11 is 5.72. The van der Waals surface area contributed by atoms with E-state index in [-0.39, 0.29) is 23.9 Å². The van der Waals surface area contributed by atoms with Crippen LogP contribution in [0.2, 0.25) is 5.02 Å². The number of carbonyl (C=O) groups is 2. The van der Waals surface area contributed by atoms with Crippen LogP contribution in [0.25, 0.3) is 0 Å². The van der Waals surface area contributed by atoms with Crippen molar-refractivity contribution in [3.05, 3.63) is 64.4 Å². The third-order valence-electron chi connectivity index (χ3n) is 2.73. The van der Waals surface area contributed by atoms with Crippen molar-refractivity contribution >= 4 is 23.7 Å². The lowest BCUT2D eigenvalue weighted by Gasteiger charge is -2.07. The van der Waals surface area contributed by atoms with Gasteiger partial charge in [0.25, 0.3) is 0 Å². The smallest absolute Gasteiger partial charge is 0.407 e. The first-order valence-electron chi connectivity index (χ1n) is 6.39.